The van der Waals surface area contributed by atoms with Gasteiger partial charge < -0.3 is 15.2 Å². The van der Waals surface area contributed by atoms with Crippen LogP contribution in [0.3, 0.4) is 0 Å². The number of rotatable bonds is 7. The number of aryl methyl sites for hydroxylation is 1. The lowest BCUT2D eigenvalue weighted by atomic mass is 9.92. The molecule has 0 saturated heterocycles. The summed E-state index contributed by atoms with van der Waals surface area (Å²) in [6, 6.07) is 3.66. The molecule has 1 unspecified atom stereocenters. The third-order valence-corrected chi connectivity index (χ3v) is 8.56. The molecular formula is C22H25FN4O5S2. The predicted octanol–water partition coefficient (Wildman–Crippen LogP) is 4.16. The molecule has 1 aliphatic rings. The van der Waals surface area contributed by atoms with Crippen LogP contribution in [0.2, 0.25) is 0 Å². The molecule has 0 amide bonds. The van der Waals surface area contributed by atoms with Gasteiger partial charge in [-0.1, -0.05) is 6.42 Å². The van der Waals surface area contributed by atoms with Crippen molar-refractivity contribution in [3.63, 3.8) is 0 Å². The van der Waals surface area contributed by atoms with Crippen LogP contribution in [0.25, 0.3) is 10.2 Å². The molecule has 3 aromatic rings. The number of hydrogen-bond donors (Lipinski definition) is 2. The van der Waals surface area contributed by atoms with Gasteiger partial charge in [-0.15, -0.1) is 11.3 Å². The van der Waals surface area contributed by atoms with Gasteiger partial charge in [-0.25, -0.2) is 27.6 Å². The SMILES string of the molecule is Cc1c(C(=O)O)sc2ncnc(Nc3ccc(F)cc3OC3CCCC[C@H]3N(C)S(C)(=O)=O)c12. The van der Waals surface area contributed by atoms with Gasteiger partial charge in [0.05, 0.1) is 23.4 Å². The highest BCUT2D eigenvalue weighted by Gasteiger charge is 2.34. The normalized spacial score (nSPS) is 18.9. The van der Waals surface area contributed by atoms with Gasteiger partial charge in [-0.05, 0) is 43.9 Å². The largest absolute Gasteiger partial charge is 0.486 e. The molecule has 2 atom stereocenters. The lowest BCUT2D eigenvalue weighted by Gasteiger charge is -2.37. The third kappa shape index (κ3) is 4.84. The van der Waals surface area contributed by atoms with E-state index in [1.807, 2.05) is 0 Å². The van der Waals surface area contributed by atoms with E-state index < -0.39 is 27.9 Å². The first-order chi connectivity index (χ1) is 16.1. The van der Waals surface area contributed by atoms with Gasteiger partial charge in [-0.2, -0.15) is 4.31 Å². The number of likely N-dealkylation sites (N-methyl/N-ethyl adjacent to an activating group) is 1. The van der Waals surface area contributed by atoms with E-state index in [1.165, 1.54) is 35.9 Å². The fraction of sp³-hybridized carbons (Fsp3) is 0.409. The van der Waals surface area contributed by atoms with Crippen LogP contribution in [0.4, 0.5) is 15.9 Å². The van der Waals surface area contributed by atoms with E-state index in [0.29, 0.717) is 40.1 Å². The number of ether oxygens (including phenoxy) is 1. The Labute approximate surface area is 200 Å². The number of nitrogens with one attached hydrogen (secondary N) is 1. The lowest BCUT2D eigenvalue weighted by Crippen LogP contribution is -2.48. The number of carboxylic acid groups (broad SMARTS) is 1. The van der Waals surface area contributed by atoms with Crippen LogP contribution in [-0.2, 0) is 10.0 Å². The van der Waals surface area contributed by atoms with Crippen LogP contribution in [0, 0.1) is 12.7 Å². The van der Waals surface area contributed by atoms with Crippen LogP contribution in [-0.4, -0.2) is 59.2 Å². The van der Waals surface area contributed by atoms with Gasteiger partial charge in [-0.3, -0.25) is 0 Å². The van der Waals surface area contributed by atoms with E-state index in [2.05, 4.69) is 15.3 Å². The standard InChI is InChI=1S/C22H25FN4O5S2/c1-12-18-20(24-11-25-21(18)33-19(12)22(28)29)26-14-9-8-13(23)10-17(14)32-16-7-5-4-6-15(16)27(2)34(3,30)31/h8-11,15-16H,4-7H2,1-3H3,(H,28,29)(H,24,25,26)/t15-,16?/m1/s1. The summed E-state index contributed by atoms with van der Waals surface area (Å²) in [5.74, 6) is -0.958. The first-order valence-electron chi connectivity index (χ1n) is 10.7. The number of carboxylic acids is 1. The van der Waals surface area contributed by atoms with E-state index >= 15 is 0 Å². The molecule has 2 heterocycles. The van der Waals surface area contributed by atoms with Crippen molar-refractivity contribution in [3.05, 3.63) is 40.8 Å². The Morgan fingerprint density at radius 1 is 1.29 bits per heavy atom. The van der Waals surface area contributed by atoms with Gasteiger partial charge >= 0.3 is 5.97 Å². The molecule has 1 aliphatic carbocycles. The summed E-state index contributed by atoms with van der Waals surface area (Å²) in [7, 11) is -1.90. The van der Waals surface area contributed by atoms with Gasteiger partial charge in [0.2, 0.25) is 10.0 Å². The summed E-state index contributed by atoms with van der Waals surface area (Å²) in [6.45, 7) is 1.69. The zero-order valence-electron chi connectivity index (χ0n) is 18.9. The maximum atomic E-state index is 14.2. The summed E-state index contributed by atoms with van der Waals surface area (Å²) in [6.07, 6.45) is 5.05. The number of halogens is 1. The maximum Gasteiger partial charge on any atom is 0.346 e. The molecule has 0 radical (unpaired) electrons. The van der Waals surface area contributed by atoms with Crippen LogP contribution in [0.5, 0.6) is 5.75 Å². The van der Waals surface area contributed by atoms with Crippen LogP contribution in [0.1, 0.15) is 40.9 Å². The summed E-state index contributed by atoms with van der Waals surface area (Å²) in [4.78, 5) is 20.7. The molecule has 0 aliphatic heterocycles. The summed E-state index contributed by atoms with van der Waals surface area (Å²) in [5, 5.41) is 13.2. The van der Waals surface area contributed by atoms with Crippen molar-refractivity contribution >= 4 is 49.1 Å². The molecule has 1 fully saturated rings. The van der Waals surface area contributed by atoms with E-state index in [-0.39, 0.29) is 16.7 Å². The van der Waals surface area contributed by atoms with Crippen LogP contribution < -0.4 is 10.1 Å². The smallest absolute Gasteiger partial charge is 0.346 e. The topological polar surface area (TPSA) is 122 Å². The van der Waals surface area contributed by atoms with Crippen molar-refractivity contribution in [1.82, 2.24) is 14.3 Å². The van der Waals surface area contributed by atoms with E-state index in [0.717, 1.165) is 30.4 Å². The maximum absolute atomic E-state index is 14.2. The minimum atomic E-state index is -3.43. The van der Waals surface area contributed by atoms with Crippen LogP contribution >= 0.6 is 11.3 Å². The van der Waals surface area contributed by atoms with Crippen molar-refractivity contribution in [2.45, 2.75) is 44.8 Å². The molecule has 182 valence electrons. The quantitative estimate of drug-likeness (QED) is 0.488. The Kier molecular flexibility index (Phi) is 6.74. The Morgan fingerprint density at radius 3 is 2.74 bits per heavy atom. The molecule has 1 aromatic carbocycles. The van der Waals surface area contributed by atoms with E-state index in [4.69, 9.17) is 4.74 Å². The van der Waals surface area contributed by atoms with Gasteiger partial charge in [0.1, 0.15) is 39.5 Å². The molecule has 4 rings (SSSR count). The molecule has 2 N–H and O–H groups in total. The highest BCUT2D eigenvalue weighted by atomic mass is 32.2. The molecule has 9 nitrogen and oxygen atoms in total. The van der Waals surface area contributed by atoms with Crippen LogP contribution in [0.15, 0.2) is 24.5 Å². The van der Waals surface area contributed by atoms with Crippen molar-refractivity contribution in [2.75, 3.05) is 18.6 Å². The summed E-state index contributed by atoms with van der Waals surface area (Å²) in [5.41, 5.74) is 0.956. The monoisotopic (exact) mass is 508 g/mol. The first-order valence-corrected chi connectivity index (χ1v) is 13.4. The fourth-order valence-electron chi connectivity index (χ4n) is 4.23. The molecule has 12 heteroatoms. The number of aromatic nitrogens is 2. The zero-order chi connectivity index (χ0) is 24.6. The second-order valence-corrected chi connectivity index (χ2v) is 11.4. The molecule has 1 saturated carbocycles. The average Bonchev–Trinajstić information content (AvgIpc) is 3.12. The van der Waals surface area contributed by atoms with Gasteiger partial charge in [0.15, 0.2) is 0 Å². The Bertz CT molecular complexity index is 1340. The first kappa shape index (κ1) is 24.3. The predicted molar refractivity (Wildman–Crippen MR) is 128 cm³/mol. The number of aromatic carboxylic acids is 1. The fourth-order valence-corrected chi connectivity index (χ4v) is 5.96. The number of fused-ring (bicyclic) bond motifs is 1. The van der Waals surface area contributed by atoms with Crippen molar-refractivity contribution in [2.24, 2.45) is 0 Å². The van der Waals surface area contributed by atoms with Gasteiger partial charge in [0, 0.05) is 13.1 Å². The lowest BCUT2D eigenvalue weighted by molar-refractivity contribution is 0.0701. The molecule has 2 aromatic heterocycles. The highest BCUT2D eigenvalue weighted by Crippen LogP contribution is 2.38. The minimum Gasteiger partial charge on any atom is -0.486 e. The van der Waals surface area contributed by atoms with Crippen molar-refractivity contribution in [1.29, 1.82) is 0 Å². The zero-order valence-corrected chi connectivity index (χ0v) is 20.5. The number of sulfonamides is 1. The van der Waals surface area contributed by atoms with E-state index in [9.17, 15) is 22.7 Å². The number of hydrogen-bond acceptors (Lipinski definition) is 8. The Balaban J connectivity index is 1.69. The summed E-state index contributed by atoms with van der Waals surface area (Å²) >= 11 is 1.05. The Morgan fingerprint density at radius 2 is 2.03 bits per heavy atom. The number of benzene rings is 1. The third-order valence-electron chi connectivity index (χ3n) is 6.05. The minimum absolute atomic E-state index is 0.169. The number of carbonyl (C=O) groups is 1. The molecular weight excluding hydrogens is 483 g/mol. The summed E-state index contributed by atoms with van der Waals surface area (Å²) < 4.78 is 46.0. The molecule has 0 bridgehead atoms. The van der Waals surface area contributed by atoms with Gasteiger partial charge in [0.25, 0.3) is 0 Å². The molecule has 0 spiro atoms. The highest BCUT2D eigenvalue weighted by molar-refractivity contribution is 7.88. The number of anilines is 2. The second kappa shape index (κ2) is 9.43. The number of nitrogens with zero attached hydrogens (tertiary/aromatic N) is 3. The van der Waals surface area contributed by atoms with E-state index in [1.54, 1.807) is 6.92 Å². The van der Waals surface area contributed by atoms with Crippen molar-refractivity contribution < 1.29 is 27.4 Å². The average molecular weight is 509 g/mol. The molecule has 34 heavy (non-hydrogen) atoms. The second-order valence-electron chi connectivity index (χ2n) is 8.32. The van der Waals surface area contributed by atoms with Crippen molar-refractivity contribution in [3.8, 4) is 5.75 Å². The Hall–Kier alpha value is -2.83. The number of thiophene rings is 1.